The second-order valence-electron chi connectivity index (χ2n) is 6.62. The van der Waals surface area contributed by atoms with Gasteiger partial charge in [-0.3, -0.25) is 9.59 Å². The molecule has 0 radical (unpaired) electrons. The lowest BCUT2D eigenvalue weighted by atomic mass is 9.78. The number of hydrogen-bond donors (Lipinski definition) is 2. The molecule has 0 aromatic heterocycles. The highest BCUT2D eigenvalue weighted by atomic mass is 79.9. The van der Waals surface area contributed by atoms with Crippen LogP contribution in [0, 0.1) is 11.6 Å². The summed E-state index contributed by atoms with van der Waals surface area (Å²) in [7, 11) is 0. The Morgan fingerprint density at radius 3 is 1.41 bits per heavy atom. The third-order valence-electron chi connectivity index (χ3n) is 4.13. The van der Waals surface area contributed by atoms with Gasteiger partial charge in [-0.15, -0.1) is 0 Å². The van der Waals surface area contributed by atoms with Crippen molar-refractivity contribution in [2.75, 3.05) is 10.6 Å². The van der Waals surface area contributed by atoms with Crippen LogP contribution in [0.5, 0.6) is 0 Å². The molecule has 0 spiro atoms. The largest absolute Gasteiger partial charge is 0.323 e. The number of hydrogen-bond acceptors (Lipinski definition) is 2. The van der Waals surface area contributed by atoms with Crippen LogP contribution in [-0.2, 0) is 15.0 Å². The van der Waals surface area contributed by atoms with Gasteiger partial charge in [-0.05, 0) is 67.3 Å². The van der Waals surface area contributed by atoms with E-state index in [1.54, 1.807) is 12.1 Å². The smallest absolute Gasteiger partial charge is 0.221 e. The Hall–Kier alpha value is -1.80. The van der Waals surface area contributed by atoms with Gasteiger partial charge >= 0.3 is 0 Å². The number of carbonyl (C=O) groups is 2. The van der Waals surface area contributed by atoms with Crippen LogP contribution >= 0.6 is 31.9 Å². The predicted octanol–water partition coefficient (Wildman–Crippen LogP) is 5.73. The van der Waals surface area contributed by atoms with E-state index in [0.717, 1.165) is 0 Å². The molecule has 2 rings (SSSR count). The zero-order valence-corrected chi connectivity index (χ0v) is 18.3. The quantitative estimate of drug-likeness (QED) is 0.559. The van der Waals surface area contributed by atoms with Gasteiger partial charge in [-0.25, -0.2) is 8.78 Å². The van der Waals surface area contributed by atoms with Gasteiger partial charge in [0.05, 0.1) is 11.4 Å². The molecular formula is C19H18Br2F2N2O2. The summed E-state index contributed by atoms with van der Waals surface area (Å²) < 4.78 is 29.8. The van der Waals surface area contributed by atoms with Gasteiger partial charge in [0.25, 0.3) is 0 Å². The molecule has 0 saturated heterocycles. The van der Waals surface area contributed by atoms with Gasteiger partial charge in [0, 0.05) is 28.2 Å². The Morgan fingerprint density at radius 1 is 0.815 bits per heavy atom. The van der Waals surface area contributed by atoms with Crippen molar-refractivity contribution < 1.29 is 18.4 Å². The standard InChI is InChI=1S/C19H18Br2F2N2O2/c1-9(26)24-17-13(20)5-11(7-15(17)22)19(3,4)12-6-14(21)18(16(23)8-12)25-10(2)27/h5-8H,1-4H3,(H,24,26)(H,25,27). The molecule has 0 aliphatic rings. The lowest BCUT2D eigenvalue weighted by Gasteiger charge is -2.28. The zero-order valence-electron chi connectivity index (χ0n) is 15.1. The van der Waals surface area contributed by atoms with Crippen molar-refractivity contribution in [3.8, 4) is 0 Å². The molecular weight excluding hydrogens is 486 g/mol. The molecule has 2 N–H and O–H groups in total. The Kier molecular flexibility index (Phi) is 6.42. The second-order valence-corrected chi connectivity index (χ2v) is 8.33. The molecule has 144 valence electrons. The maximum absolute atomic E-state index is 14.5. The van der Waals surface area contributed by atoms with Crippen molar-refractivity contribution in [1.82, 2.24) is 0 Å². The number of carbonyl (C=O) groups excluding carboxylic acids is 2. The SMILES string of the molecule is CC(=O)Nc1c(F)cc(C(C)(C)c2cc(F)c(NC(C)=O)c(Br)c2)cc1Br. The Bertz CT molecular complexity index is 810. The van der Waals surface area contributed by atoms with Crippen LogP contribution in [0.15, 0.2) is 33.2 Å². The maximum atomic E-state index is 14.5. The van der Waals surface area contributed by atoms with E-state index in [1.165, 1.54) is 26.0 Å². The van der Waals surface area contributed by atoms with Gasteiger partial charge in [-0.1, -0.05) is 13.8 Å². The van der Waals surface area contributed by atoms with Crippen molar-refractivity contribution in [3.05, 3.63) is 56.0 Å². The number of amides is 2. The predicted molar refractivity (Wildman–Crippen MR) is 109 cm³/mol. The van der Waals surface area contributed by atoms with Crippen LogP contribution in [0.4, 0.5) is 20.2 Å². The summed E-state index contributed by atoms with van der Waals surface area (Å²) in [6, 6.07) is 5.98. The van der Waals surface area contributed by atoms with Crippen molar-refractivity contribution in [1.29, 1.82) is 0 Å². The van der Waals surface area contributed by atoms with Gasteiger partial charge in [0.2, 0.25) is 11.8 Å². The number of benzene rings is 2. The van der Waals surface area contributed by atoms with Crippen LogP contribution in [0.2, 0.25) is 0 Å². The minimum Gasteiger partial charge on any atom is -0.323 e. The fraction of sp³-hybridized carbons (Fsp3) is 0.263. The van der Waals surface area contributed by atoms with E-state index < -0.39 is 17.0 Å². The molecule has 0 fully saturated rings. The van der Waals surface area contributed by atoms with E-state index >= 15 is 0 Å². The van der Waals surface area contributed by atoms with Crippen molar-refractivity contribution in [2.24, 2.45) is 0 Å². The molecule has 27 heavy (non-hydrogen) atoms. The summed E-state index contributed by atoms with van der Waals surface area (Å²) in [4.78, 5) is 22.5. The molecule has 0 aliphatic carbocycles. The van der Waals surface area contributed by atoms with Crippen LogP contribution in [0.25, 0.3) is 0 Å². The third kappa shape index (κ3) is 4.73. The molecule has 0 unspecified atom stereocenters. The molecule has 0 bridgehead atoms. The average Bonchev–Trinajstić information content (AvgIpc) is 2.53. The van der Waals surface area contributed by atoms with Crippen molar-refractivity contribution in [3.63, 3.8) is 0 Å². The first-order valence-corrected chi connectivity index (χ1v) is 9.56. The first kappa shape index (κ1) is 21.5. The van der Waals surface area contributed by atoms with E-state index in [-0.39, 0.29) is 23.2 Å². The van der Waals surface area contributed by atoms with E-state index in [4.69, 9.17) is 0 Å². The molecule has 2 amide bonds. The average molecular weight is 504 g/mol. The zero-order chi connectivity index (χ0) is 20.5. The third-order valence-corrected chi connectivity index (χ3v) is 5.38. The minimum atomic E-state index is -0.754. The molecule has 4 nitrogen and oxygen atoms in total. The summed E-state index contributed by atoms with van der Waals surface area (Å²) in [5.74, 6) is -1.98. The second kappa shape index (κ2) is 8.06. The lowest BCUT2D eigenvalue weighted by Crippen LogP contribution is -2.21. The summed E-state index contributed by atoms with van der Waals surface area (Å²) in [6.45, 7) is 6.23. The van der Waals surface area contributed by atoms with E-state index in [2.05, 4.69) is 42.5 Å². The lowest BCUT2D eigenvalue weighted by molar-refractivity contribution is -0.115. The Morgan fingerprint density at radius 2 is 1.15 bits per heavy atom. The topological polar surface area (TPSA) is 58.2 Å². The number of anilines is 2. The van der Waals surface area contributed by atoms with E-state index in [0.29, 0.717) is 20.1 Å². The molecule has 0 heterocycles. The number of nitrogens with one attached hydrogen (secondary N) is 2. The van der Waals surface area contributed by atoms with Crippen molar-refractivity contribution in [2.45, 2.75) is 33.1 Å². The fourth-order valence-electron chi connectivity index (χ4n) is 2.63. The summed E-state index contributed by atoms with van der Waals surface area (Å²) in [6.07, 6.45) is 0. The molecule has 2 aromatic rings. The number of rotatable bonds is 4. The first-order chi connectivity index (χ1) is 12.4. The molecule has 2 aromatic carbocycles. The van der Waals surface area contributed by atoms with Crippen LogP contribution in [0.3, 0.4) is 0 Å². The van der Waals surface area contributed by atoms with Crippen LogP contribution in [-0.4, -0.2) is 11.8 Å². The van der Waals surface area contributed by atoms with Gasteiger partial charge < -0.3 is 10.6 Å². The maximum Gasteiger partial charge on any atom is 0.221 e. The normalized spacial score (nSPS) is 11.3. The summed E-state index contributed by atoms with van der Waals surface area (Å²) in [5.41, 5.74) is 0.515. The molecule has 8 heteroatoms. The highest BCUT2D eigenvalue weighted by Gasteiger charge is 2.28. The summed E-state index contributed by atoms with van der Waals surface area (Å²) >= 11 is 6.55. The van der Waals surface area contributed by atoms with Gasteiger partial charge in [0.15, 0.2) is 0 Å². The minimum absolute atomic E-state index is 0.0513. The van der Waals surface area contributed by atoms with E-state index in [9.17, 15) is 18.4 Å². The van der Waals surface area contributed by atoms with E-state index in [1.807, 2.05) is 13.8 Å². The monoisotopic (exact) mass is 502 g/mol. The first-order valence-electron chi connectivity index (χ1n) is 7.97. The Labute approximate surface area is 173 Å². The van der Waals surface area contributed by atoms with Crippen LogP contribution in [0.1, 0.15) is 38.8 Å². The van der Waals surface area contributed by atoms with Gasteiger partial charge in [-0.2, -0.15) is 0 Å². The van der Waals surface area contributed by atoms with Crippen LogP contribution < -0.4 is 10.6 Å². The molecule has 0 aliphatic heterocycles. The fourth-order valence-corrected chi connectivity index (χ4v) is 3.70. The summed E-state index contributed by atoms with van der Waals surface area (Å²) in [5, 5.41) is 4.87. The highest BCUT2D eigenvalue weighted by molar-refractivity contribution is 9.11. The van der Waals surface area contributed by atoms with Crippen molar-refractivity contribution >= 4 is 55.0 Å². The Balaban J connectivity index is 2.53. The molecule has 0 saturated carbocycles. The number of halogens is 4. The molecule has 0 atom stereocenters. The van der Waals surface area contributed by atoms with Gasteiger partial charge in [0.1, 0.15) is 11.6 Å². The highest BCUT2D eigenvalue weighted by Crippen LogP contribution is 2.39.